The summed E-state index contributed by atoms with van der Waals surface area (Å²) >= 11 is 12.2. The number of piperidine rings is 1. The Labute approximate surface area is 214 Å². The monoisotopic (exact) mass is 516 g/mol. The number of aromatic amines is 1. The molecule has 1 aromatic carbocycles. The van der Waals surface area contributed by atoms with E-state index in [9.17, 15) is 4.79 Å². The minimum Gasteiger partial charge on any atom is -0.376 e. The minimum atomic E-state index is 0.0569. The van der Waals surface area contributed by atoms with Gasteiger partial charge in [-0.15, -0.1) is 0 Å². The first-order chi connectivity index (χ1) is 17.1. The van der Waals surface area contributed by atoms with Gasteiger partial charge in [0, 0.05) is 48.0 Å². The van der Waals surface area contributed by atoms with Crippen molar-refractivity contribution in [2.24, 2.45) is 0 Å². The molecule has 0 spiro atoms. The Bertz CT molecular complexity index is 1150. The molecule has 4 heterocycles. The van der Waals surface area contributed by atoms with E-state index < -0.39 is 0 Å². The van der Waals surface area contributed by atoms with E-state index in [1.54, 1.807) is 30.7 Å². The normalized spacial score (nSPS) is 18.8. The lowest BCUT2D eigenvalue weighted by molar-refractivity contribution is -0.130. The van der Waals surface area contributed by atoms with Crippen molar-refractivity contribution in [1.82, 2.24) is 30.0 Å². The van der Waals surface area contributed by atoms with Gasteiger partial charge < -0.3 is 20.0 Å². The van der Waals surface area contributed by atoms with Crippen LogP contribution in [-0.4, -0.2) is 87.7 Å². The Kier molecular flexibility index (Phi) is 7.55. The summed E-state index contributed by atoms with van der Waals surface area (Å²) in [6, 6.07) is 5.38. The molecule has 1 unspecified atom stereocenters. The molecule has 35 heavy (non-hydrogen) atoms. The lowest BCUT2D eigenvalue weighted by Crippen LogP contribution is -2.52. The van der Waals surface area contributed by atoms with Crippen LogP contribution in [0.4, 0.5) is 11.5 Å². The largest absolute Gasteiger partial charge is 0.376 e. The first-order valence-electron chi connectivity index (χ1n) is 12.2. The van der Waals surface area contributed by atoms with Crippen molar-refractivity contribution < 1.29 is 4.79 Å². The van der Waals surface area contributed by atoms with Gasteiger partial charge in [-0.05, 0) is 57.0 Å². The van der Waals surface area contributed by atoms with E-state index in [1.165, 1.54) is 12.8 Å². The molecule has 0 bridgehead atoms. The van der Waals surface area contributed by atoms with Crippen LogP contribution >= 0.6 is 23.2 Å². The number of carbonyl (C=O) groups is 1. The van der Waals surface area contributed by atoms with Gasteiger partial charge in [0.15, 0.2) is 5.65 Å². The predicted molar refractivity (Wildman–Crippen MR) is 139 cm³/mol. The molecule has 186 valence electrons. The molecule has 1 amide bonds. The zero-order chi connectivity index (χ0) is 24.2. The number of H-pyrrole nitrogens is 1. The number of amides is 1. The second-order valence-electron chi connectivity index (χ2n) is 9.22. The van der Waals surface area contributed by atoms with Crippen LogP contribution in [0, 0.1) is 0 Å². The average molecular weight is 517 g/mol. The van der Waals surface area contributed by atoms with Crippen molar-refractivity contribution in [3.8, 4) is 0 Å². The molecule has 0 radical (unpaired) electrons. The summed E-state index contributed by atoms with van der Waals surface area (Å²) < 4.78 is 0. The number of nitrogens with one attached hydrogen (secondary N) is 2. The van der Waals surface area contributed by atoms with Crippen LogP contribution in [0.2, 0.25) is 10.0 Å². The third kappa shape index (κ3) is 5.79. The second-order valence-corrected chi connectivity index (χ2v) is 10.1. The summed E-state index contributed by atoms with van der Waals surface area (Å²) in [4.78, 5) is 28.9. The number of anilines is 2. The molecule has 2 saturated heterocycles. The van der Waals surface area contributed by atoms with E-state index in [0.29, 0.717) is 16.6 Å². The van der Waals surface area contributed by atoms with Crippen molar-refractivity contribution in [2.45, 2.75) is 31.7 Å². The molecule has 0 saturated carbocycles. The molecule has 2 N–H and O–H groups in total. The number of fused-ring (bicyclic) bond motifs is 1. The van der Waals surface area contributed by atoms with E-state index in [4.69, 9.17) is 23.2 Å². The third-order valence-corrected chi connectivity index (χ3v) is 7.29. The Morgan fingerprint density at radius 1 is 1.11 bits per heavy atom. The highest BCUT2D eigenvalue weighted by Gasteiger charge is 2.30. The zero-order valence-corrected chi connectivity index (χ0v) is 21.1. The van der Waals surface area contributed by atoms with Crippen LogP contribution in [0.5, 0.6) is 0 Å². The standard InChI is InChI=1S/C24H30Cl2N8O/c25-17-10-18(26)12-19(11-17)27-14-22(35)33-7-3-4-20(15-33)34(9-8-32-5-1-2-6-32)24-21-13-30-31-23(21)28-16-29-24/h10-13,16,20,27H,1-9,14-15H2,(H,28,29,30,31). The molecule has 2 aliphatic rings. The predicted octanol–water partition coefficient (Wildman–Crippen LogP) is 3.67. The van der Waals surface area contributed by atoms with Gasteiger partial charge in [-0.2, -0.15) is 5.10 Å². The lowest BCUT2D eigenvalue weighted by Gasteiger charge is -2.40. The first kappa shape index (κ1) is 24.1. The Hall–Kier alpha value is -2.62. The van der Waals surface area contributed by atoms with Crippen LogP contribution in [0.1, 0.15) is 25.7 Å². The Balaban J connectivity index is 1.30. The van der Waals surface area contributed by atoms with Crippen LogP contribution in [0.15, 0.2) is 30.7 Å². The van der Waals surface area contributed by atoms with Crippen molar-refractivity contribution in [3.63, 3.8) is 0 Å². The number of carbonyl (C=O) groups excluding carboxylic acids is 1. The zero-order valence-electron chi connectivity index (χ0n) is 19.6. The summed E-state index contributed by atoms with van der Waals surface area (Å²) in [6.45, 7) is 5.71. The molecule has 2 aromatic heterocycles. The maximum absolute atomic E-state index is 13.1. The van der Waals surface area contributed by atoms with E-state index in [1.807, 2.05) is 4.90 Å². The number of benzene rings is 1. The lowest BCUT2D eigenvalue weighted by atomic mass is 10.0. The second kappa shape index (κ2) is 11.0. The molecular formula is C24H30Cl2N8O. The smallest absolute Gasteiger partial charge is 0.241 e. The van der Waals surface area contributed by atoms with E-state index >= 15 is 0 Å². The minimum absolute atomic E-state index is 0.0569. The van der Waals surface area contributed by atoms with Gasteiger partial charge >= 0.3 is 0 Å². The number of hydrogen-bond acceptors (Lipinski definition) is 7. The van der Waals surface area contributed by atoms with Gasteiger partial charge in [-0.3, -0.25) is 9.89 Å². The fourth-order valence-corrected chi connectivity index (χ4v) is 5.60. The molecule has 11 heteroatoms. The maximum atomic E-state index is 13.1. The quantitative estimate of drug-likeness (QED) is 0.471. The first-order valence-corrected chi connectivity index (χ1v) is 12.9. The number of nitrogens with zero attached hydrogens (tertiary/aromatic N) is 6. The molecule has 2 fully saturated rings. The highest BCUT2D eigenvalue weighted by atomic mass is 35.5. The van der Waals surface area contributed by atoms with Crippen molar-refractivity contribution in [1.29, 1.82) is 0 Å². The summed E-state index contributed by atoms with van der Waals surface area (Å²) in [6.07, 6.45) is 7.85. The SMILES string of the molecule is O=C(CNc1cc(Cl)cc(Cl)c1)N1CCCC(N(CCN2CCCC2)c2ncnc3[nH]ncc23)C1. The van der Waals surface area contributed by atoms with Gasteiger partial charge in [0.25, 0.3) is 0 Å². The van der Waals surface area contributed by atoms with Gasteiger partial charge in [-0.1, -0.05) is 23.2 Å². The Morgan fingerprint density at radius 3 is 2.71 bits per heavy atom. The number of hydrogen-bond donors (Lipinski definition) is 2. The molecule has 9 nitrogen and oxygen atoms in total. The van der Waals surface area contributed by atoms with Gasteiger partial charge in [0.1, 0.15) is 12.1 Å². The van der Waals surface area contributed by atoms with Crippen LogP contribution in [-0.2, 0) is 4.79 Å². The van der Waals surface area contributed by atoms with E-state index in [-0.39, 0.29) is 18.5 Å². The highest BCUT2D eigenvalue weighted by molar-refractivity contribution is 6.35. The maximum Gasteiger partial charge on any atom is 0.241 e. The number of likely N-dealkylation sites (tertiary alicyclic amines) is 2. The average Bonchev–Trinajstić information content (AvgIpc) is 3.55. The van der Waals surface area contributed by atoms with Gasteiger partial charge in [0.05, 0.1) is 18.1 Å². The third-order valence-electron chi connectivity index (χ3n) is 6.85. The van der Waals surface area contributed by atoms with E-state index in [2.05, 4.69) is 35.3 Å². The van der Waals surface area contributed by atoms with Crippen LogP contribution < -0.4 is 10.2 Å². The highest BCUT2D eigenvalue weighted by Crippen LogP contribution is 2.27. The Morgan fingerprint density at radius 2 is 1.91 bits per heavy atom. The summed E-state index contributed by atoms with van der Waals surface area (Å²) in [5.41, 5.74) is 1.47. The molecule has 5 rings (SSSR count). The van der Waals surface area contributed by atoms with Crippen molar-refractivity contribution in [2.75, 3.05) is 56.0 Å². The number of halogens is 2. The van der Waals surface area contributed by atoms with Crippen molar-refractivity contribution in [3.05, 3.63) is 40.8 Å². The summed E-state index contributed by atoms with van der Waals surface area (Å²) in [5.74, 6) is 0.940. The van der Waals surface area contributed by atoms with Crippen LogP contribution in [0.25, 0.3) is 11.0 Å². The van der Waals surface area contributed by atoms with Crippen LogP contribution in [0.3, 0.4) is 0 Å². The molecule has 2 aliphatic heterocycles. The van der Waals surface area contributed by atoms with E-state index in [0.717, 1.165) is 68.1 Å². The fraction of sp³-hybridized carbons (Fsp3) is 0.500. The topological polar surface area (TPSA) is 93.3 Å². The number of aromatic nitrogens is 4. The van der Waals surface area contributed by atoms with Crippen molar-refractivity contribution >= 4 is 51.6 Å². The molecule has 1 atom stereocenters. The van der Waals surface area contributed by atoms with Gasteiger partial charge in [0.2, 0.25) is 5.91 Å². The fourth-order valence-electron chi connectivity index (χ4n) is 5.08. The molecular weight excluding hydrogens is 487 g/mol. The molecule has 0 aliphatic carbocycles. The number of rotatable bonds is 8. The molecule has 3 aromatic rings. The van der Waals surface area contributed by atoms with Gasteiger partial charge in [-0.25, -0.2) is 9.97 Å². The summed E-state index contributed by atoms with van der Waals surface area (Å²) in [7, 11) is 0. The summed E-state index contributed by atoms with van der Waals surface area (Å²) in [5, 5.41) is 12.3.